The van der Waals surface area contributed by atoms with E-state index in [1.54, 1.807) is 18.4 Å². The van der Waals surface area contributed by atoms with Crippen molar-refractivity contribution >= 4 is 27.2 Å². The molecule has 0 N–H and O–H groups in total. The Hall–Kier alpha value is -2.37. The van der Waals surface area contributed by atoms with E-state index in [0.717, 1.165) is 58.0 Å². The Morgan fingerprint density at radius 3 is 2.53 bits per heavy atom. The van der Waals surface area contributed by atoms with Crippen LogP contribution in [0.1, 0.15) is 79.1 Å². The second-order valence-corrected chi connectivity index (χ2v) is 12.0. The molecule has 1 aliphatic carbocycles. The number of rotatable bonds is 8. The van der Waals surface area contributed by atoms with Crippen molar-refractivity contribution in [3.05, 3.63) is 58.5 Å². The summed E-state index contributed by atoms with van der Waals surface area (Å²) >= 11 is 1.78. The van der Waals surface area contributed by atoms with Gasteiger partial charge in [0.25, 0.3) is 0 Å². The number of methoxy groups -OCH3 is 1. The highest BCUT2D eigenvalue weighted by Crippen LogP contribution is 2.45. The number of hydrogen-bond donors (Lipinski definition) is 0. The number of piperidine rings is 1. The predicted octanol–water partition coefficient (Wildman–Crippen LogP) is 7.55. The van der Waals surface area contributed by atoms with Gasteiger partial charge in [-0.3, -0.25) is 9.69 Å². The molecule has 2 aliphatic rings. The maximum absolute atomic E-state index is 13.9. The number of thiophene rings is 1. The van der Waals surface area contributed by atoms with E-state index in [-0.39, 0.29) is 5.78 Å². The first-order valence-electron chi connectivity index (χ1n) is 13.6. The largest absolute Gasteiger partial charge is 0.497 e. The topological polar surface area (TPSA) is 38.8 Å². The highest BCUT2D eigenvalue weighted by atomic mass is 32.1. The molecule has 0 bridgehead atoms. The number of benzene rings is 2. The summed E-state index contributed by atoms with van der Waals surface area (Å²) in [5.41, 5.74) is 1.62. The molecule has 0 spiro atoms. The molecule has 3 unspecified atom stereocenters. The summed E-state index contributed by atoms with van der Waals surface area (Å²) in [6, 6.07) is 13.9. The fourth-order valence-electron chi connectivity index (χ4n) is 6.05. The van der Waals surface area contributed by atoms with Gasteiger partial charge in [0.2, 0.25) is 0 Å². The molecule has 0 amide bonds. The molecule has 1 saturated heterocycles. The molecular formula is C31H39NO3S. The number of carbonyl (C=O) groups excluding carboxylic acids is 1. The fourth-order valence-corrected chi connectivity index (χ4v) is 7.42. The zero-order valence-corrected chi connectivity index (χ0v) is 22.7. The zero-order valence-electron chi connectivity index (χ0n) is 21.9. The summed E-state index contributed by atoms with van der Waals surface area (Å²) in [5, 5.41) is 1.05. The van der Waals surface area contributed by atoms with Gasteiger partial charge in [0.15, 0.2) is 5.78 Å². The molecule has 2 fully saturated rings. The van der Waals surface area contributed by atoms with E-state index in [4.69, 9.17) is 9.47 Å². The Morgan fingerprint density at radius 2 is 1.78 bits per heavy atom. The number of ketones is 1. The maximum atomic E-state index is 13.9. The first-order chi connectivity index (χ1) is 17.5. The van der Waals surface area contributed by atoms with E-state index in [1.165, 1.54) is 43.6 Å². The number of carbonyl (C=O) groups is 1. The molecule has 36 heavy (non-hydrogen) atoms. The van der Waals surface area contributed by atoms with Crippen molar-refractivity contribution in [2.45, 2.75) is 58.3 Å². The van der Waals surface area contributed by atoms with Crippen LogP contribution in [0.3, 0.4) is 0 Å². The minimum Gasteiger partial charge on any atom is -0.497 e. The lowest BCUT2D eigenvalue weighted by atomic mass is 9.80. The van der Waals surface area contributed by atoms with Gasteiger partial charge in [-0.1, -0.05) is 26.7 Å². The Kier molecular flexibility index (Phi) is 7.97. The summed E-state index contributed by atoms with van der Waals surface area (Å²) < 4.78 is 12.6. The first kappa shape index (κ1) is 25.3. The Labute approximate surface area is 219 Å². The molecule has 1 aromatic heterocycles. The van der Waals surface area contributed by atoms with Crippen LogP contribution < -0.4 is 9.47 Å². The average Bonchev–Trinajstić information content (AvgIpc) is 3.27. The molecule has 1 aliphatic heterocycles. The van der Waals surface area contributed by atoms with Crippen LogP contribution in [0.4, 0.5) is 0 Å². The lowest BCUT2D eigenvalue weighted by Crippen LogP contribution is -2.37. The van der Waals surface area contributed by atoms with E-state index >= 15 is 0 Å². The van der Waals surface area contributed by atoms with E-state index in [2.05, 4.69) is 30.9 Å². The molecule has 3 aromatic rings. The van der Waals surface area contributed by atoms with Crippen LogP contribution in [0.25, 0.3) is 10.1 Å². The van der Waals surface area contributed by atoms with Crippen molar-refractivity contribution in [1.82, 2.24) is 4.90 Å². The first-order valence-corrected chi connectivity index (χ1v) is 14.4. The molecule has 4 nitrogen and oxygen atoms in total. The van der Waals surface area contributed by atoms with Gasteiger partial charge in [-0.15, -0.1) is 11.3 Å². The lowest BCUT2D eigenvalue weighted by molar-refractivity contribution is 0.103. The quantitative estimate of drug-likeness (QED) is 0.296. The third kappa shape index (κ3) is 5.63. The highest BCUT2D eigenvalue weighted by Gasteiger charge is 2.29. The third-order valence-corrected chi connectivity index (χ3v) is 9.31. The van der Waals surface area contributed by atoms with Crippen LogP contribution in [0.15, 0.2) is 42.5 Å². The van der Waals surface area contributed by atoms with Gasteiger partial charge in [-0.2, -0.15) is 0 Å². The second-order valence-electron chi connectivity index (χ2n) is 10.9. The van der Waals surface area contributed by atoms with Crippen molar-refractivity contribution in [2.75, 3.05) is 33.4 Å². The van der Waals surface area contributed by atoms with Crippen LogP contribution in [-0.2, 0) is 0 Å². The Bertz CT molecular complexity index is 1180. The van der Waals surface area contributed by atoms with Gasteiger partial charge >= 0.3 is 0 Å². The number of nitrogens with zero attached hydrogens (tertiary/aromatic N) is 1. The van der Waals surface area contributed by atoms with Crippen molar-refractivity contribution < 1.29 is 14.3 Å². The summed E-state index contributed by atoms with van der Waals surface area (Å²) in [5.74, 6) is 3.73. The molecule has 5 rings (SSSR count). The number of ether oxygens (including phenoxy) is 2. The minimum absolute atomic E-state index is 0.119. The van der Waals surface area contributed by atoms with Crippen LogP contribution in [0.5, 0.6) is 11.5 Å². The number of likely N-dealkylation sites (tertiary alicyclic amines) is 1. The summed E-state index contributed by atoms with van der Waals surface area (Å²) in [7, 11) is 1.70. The highest BCUT2D eigenvalue weighted by molar-refractivity contribution is 7.19. The van der Waals surface area contributed by atoms with E-state index in [1.807, 2.05) is 30.3 Å². The SMILES string of the molecule is COc1ccc2c(C(=O)c3ccc(OCCN4CCCC(C)C4)cc3)c(C3CCCC(C)C3)sc2c1. The van der Waals surface area contributed by atoms with E-state index < -0.39 is 0 Å². The average molecular weight is 506 g/mol. The summed E-state index contributed by atoms with van der Waals surface area (Å²) in [6.45, 7) is 8.65. The van der Waals surface area contributed by atoms with E-state index in [0.29, 0.717) is 18.4 Å². The van der Waals surface area contributed by atoms with Gasteiger partial charge in [-0.25, -0.2) is 0 Å². The van der Waals surface area contributed by atoms with Gasteiger partial charge in [0.05, 0.1) is 7.11 Å². The van der Waals surface area contributed by atoms with Crippen molar-refractivity contribution in [3.8, 4) is 11.5 Å². The fraction of sp³-hybridized carbons (Fsp3) is 0.516. The van der Waals surface area contributed by atoms with Gasteiger partial charge in [0, 0.05) is 39.2 Å². The van der Waals surface area contributed by atoms with Crippen LogP contribution >= 0.6 is 11.3 Å². The van der Waals surface area contributed by atoms with Crippen molar-refractivity contribution in [2.24, 2.45) is 11.8 Å². The van der Waals surface area contributed by atoms with Crippen molar-refractivity contribution in [1.29, 1.82) is 0 Å². The standard InChI is InChI=1S/C31H39NO3S/c1-21-6-4-8-24(18-21)31-29(27-14-13-26(34-3)19-28(27)36-31)30(33)23-9-11-25(12-10-23)35-17-16-32-15-5-7-22(2)20-32/h9-14,19,21-22,24H,4-8,15-18,20H2,1-3H3. The Balaban J connectivity index is 1.34. The number of hydrogen-bond acceptors (Lipinski definition) is 5. The molecule has 2 heterocycles. The minimum atomic E-state index is 0.119. The van der Waals surface area contributed by atoms with Crippen LogP contribution in [-0.4, -0.2) is 44.0 Å². The molecule has 3 atom stereocenters. The summed E-state index contributed by atoms with van der Waals surface area (Å²) in [4.78, 5) is 17.7. The monoisotopic (exact) mass is 505 g/mol. The normalized spacial score (nSPS) is 23.0. The molecule has 2 aromatic carbocycles. The van der Waals surface area contributed by atoms with Crippen molar-refractivity contribution in [3.63, 3.8) is 0 Å². The smallest absolute Gasteiger partial charge is 0.194 e. The lowest BCUT2D eigenvalue weighted by Gasteiger charge is -2.30. The molecular weight excluding hydrogens is 466 g/mol. The molecule has 5 heteroatoms. The number of fused-ring (bicyclic) bond motifs is 1. The Morgan fingerprint density at radius 1 is 1.00 bits per heavy atom. The van der Waals surface area contributed by atoms with Crippen LogP contribution in [0.2, 0.25) is 0 Å². The third-order valence-electron chi connectivity index (χ3n) is 7.99. The van der Waals surface area contributed by atoms with Gasteiger partial charge in [-0.05, 0) is 92.4 Å². The maximum Gasteiger partial charge on any atom is 0.194 e. The summed E-state index contributed by atoms with van der Waals surface area (Å²) in [6.07, 6.45) is 7.46. The van der Waals surface area contributed by atoms with E-state index in [9.17, 15) is 4.79 Å². The van der Waals surface area contributed by atoms with Gasteiger partial charge < -0.3 is 9.47 Å². The second kappa shape index (κ2) is 11.4. The van der Waals surface area contributed by atoms with Gasteiger partial charge in [0.1, 0.15) is 18.1 Å². The molecule has 192 valence electrons. The molecule has 1 saturated carbocycles. The van der Waals surface area contributed by atoms with Crippen LogP contribution in [0, 0.1) is 11.8 Å². The predicted molar refractivity (Wildman–Crippen MR) is 149 cm³/mol. The molecule has 0 radical (unpaired) electrons. The zero-order chi connectivity index (χ0) is 25.1.